The highest BCUT2D eigenvalue weighted by Gasteiger charge is 2.73. The third-order valence-electron chi connectivity index (χ3n) is 8.19. The smallest absolute Gasteiger partial charge is 0.310 e. The molecule has 2 aliphatic carbocycles. The molecule has 1 aromatic rings. The van der Waals surface area contributed by atoms with Gasteiger partial charge in [0.25, 0.3) is 0 Å². The van der Waals surface area contributed by atoms with E-state index in [0.29, 0.717) is 12.0 Å². The second-order valence-electron chi connectivity index (χ2n) is 9.04. The Kier molecular flexibility index (Phi) is 2.79. The third kappa shape index (κ3) is 1.66. The van der Waals surface area contributed by atoms with Crippen LogP contribution in [-0.2, 0) is 14.3 Å². The van der Waals surface area contributed by atoms with Crippen molar-refractivity contribution in [3.05, 3.63) is 24.2 Å². The second kappa shape index (κ2) is 4.46. The van der Waals surface area contributed by atoms with Crippen molar-refractivity contribution in [1.29, 1.82) is 0 Å². The van der Waals surface area contributed by atoms with Gasteiger partial charge in [0.15, 0.2) is 0 Å². The molecule has 2 saturated heterocycles. The van der Waals surface area contributed by atoms with Crippen LogP contribution in [0.1, 0.15) is 64.5 Å². The Labute approximate surface area is 142 Å². The summed E-state index contributed by atoms with van der Waals surface area (Å²) in [6.07, 6.45) is 8.80. The van der Waals surface area contributed by atoms with E-state index in [2.05, 4.69) is 20.8 Å². The molecule has 0 unspecified atom stereocenters. The Morgan fingerprint density at radius 2 is 2.00 bits per heavy atom. The summed E-state index contributed by atoms with van der Waals surface area (Å²) in [5.74, 6) is 0.522. The third-order valence-corrected chi connectivity index (χ3v) is 8.19. The molecule has 4 heteroatoms. The molecule has 0 radical (unpaired) electrons. The first-order valence-electron chi connectivity index (χ1n) is 9.29. The number of ether oxygens (including phenoxy) is 2. The van der Waals surface area contributed by atoms with Gasteiger partial charge in [0, 0.05) is 11.0 Å². The van der Waals surface area contributed by atoms with Gasteiger partial charge in [-0.1, -0.05) is 13.8 Å². The summed E-state index contributed by atoms with van der Waals surface area (Å²) in [5.41, 5.74) is 1.14. The zero-order valence-corrected chi connectivity index (χ0v) is 14.7. The Morgan fingerprint density at radius 3 is 2.75 bits per heavy atom. The number of cyclic esters (lactones) is 1. The first-order chi connectivity index (χ1) is 11.4. The predicted molar refractivity (Wildman–Crippen MR) is 87.1 cm³/mol. The van der Waals surface area contributed by atoms with Crippen LogP contribution >= 0.6 is 0 Å². The first-order valence-corrected chi connectivity index (χ1v) is 9.29. The lowest BCUT2D eigenvalue weighted by atomic mass is 9.44. The van der Waals surface area contributed by atoms with Gasteiger partial charge in [0.1, 0.15) is 6.10 Å². The Morgan fingerprint density at radius 1 is 1.17 bits per heavy atom. The summed E-state index contributed by atoms with van der Waals surface area (Å²) in [7, 11) is 0. The van der Waals surface area contributed by atoms with Crippen LogP contribution in [0.2, 0.25) is 0 Å². The summed E-state index contributed by atoms with van der Waals surface area (Å²) in [5, 5.41) is 0. The average molecular weight is 330 g/mol. The van der Waals surface area contributed by atoms with Crippen molar-refractivity contribution in [2.45, 2.75) is 70.7 Å². The maximum absolute atomic E-state index is 12.8. The molecule has 130 valence electrons. The van der Waals surface area contributed by atoms with Crippen molar-refractivity contribution in [2.75, 3.05) is 0 Å². The Hall–Kier alpha value is -1.29. The van der Waals surface area contributed by atoms with Crippen LogP contribution < -0.4 is 0 Å². The maximum Gasteiger partial charge on any atom is 0.310 e. The van der Waals surface area contributed by atoms with Gasteiger partial charge in [0.05, 0.1) is 30.1 Å². The molecule has 0 bridgehead atoms. The summed E-state index contributed by atoms with van der Waals surface area (Å²) < 4.78 is 17.2. The molecular weight excluding hydrogens is 304 g/mol. The van der Waals surface area contributed by atoms with Crippen molar-refractivity contribution >= 4 is 5.97 Å². The van der Waals surface area contributed by atoms with Gasteiger partial charge in [-0.3, -0.25) is 4.79 Å². The Balaban J connectivity index is 1.54. The van der Waals surface area contributed by atoms with E-state index in [-0.39, 0.29) is 34.4 Å². The lowest BCUT2D eigenvalue weighted by Gasteiger charge is -2.60. The molecule has 5 rings (SSSR count). The fraction of sp³-hybridized carbons (Fsp3) is 0.750. The number of carbonyl (C=O) groups is 1. The predicted octanol–water partition coefficient (Wildman–Crippen LogP) is 4.26. The molecule has 3 heterocycles. The number of hydrogen-bond donors (Lipinski definition) is 0. The summed E-state index contributed by atoms with van der Waals surface area (Å²) in [6.45, 7) is 7.03. The zero-order valence-electron chi connectivity index (χ0n) is 14.7. The highest BCUT2D eigenvalue weighted by atomic mass is 16.6. The van der Waals surface area contributed by atoms with Crippen molar-refractivity contribution in [1.82, 2.24) is 0 Å². The number of carbonyl (C=O) groups excluding carboxylic acids is 1. The fourth-order valence-corrected chi connectivity index (χ4v) is 6.56. The van der Waals surface area contributed by atoms with E-state index in [4.69, 9.17) is 13.9 Å². The minimum absolute atomic E-state index is 0.0103. The number of hydrogen-bond acceptors (Lipinski definition) is 4. The van der Waals surface area contributed by atoms with Gasteiger partial charge in [-0.05, 0) is 56.4 Å². The molecule has 0 aromatic carbocycles. The molecule has 7 atom stereocenters. The van der Waals surface area contributed by atoms with E-state index >= 15 is 0 Å². The zero-order chi connectivity index (χ0) is 16.7. The number of epoxide rings is 1. The highest BCUT2D eigenvalue weighted by Crippen LogP contribution is 2.71. The lowest BCUT2D eigenvalue weighted by molar-refractivity contribution is -0.198. The summed E-state index contributed by atoms with van der Waals surface area (Å²) in [6, 6.07) is 1.92. The minimum atomic E-state index is -0.175. The molecule has 2 aliphatic heterocycles. The molecule has 0 N–H and O–H groups in total. The largest absolute Gasteiger partial charge is 0.472 e. The first kappa shape index (κ1) is 15.0. The van der Waals surface area contributed by atoms with Crippen molar-refractivity contribution < 1.29 is 18.7 Å². The number of rotatable bonds is 1. The molecule has 4 nitrogen and oxygen atoms in total. The molecule has 24 heavy (non-hydrogen) atoms. The Bertz CT molecular complexity index is 682. The average Bonchev–Trinajstić information content (AvgIpc) is 2.97. The van der Waals surface area contributed by atoms with Crippen LogP contribution in [0.25, 0.3) is 0 Å². The van der Waals surface area contributed by atoms with Gasteiger partial charge in [-0.15, -0.1) is 0 Å². The van der Waals surface area contributed by atoms with Gasteiger partial charge >= 0.3 is 5.97 Å². The maximum atomic E-state index is 12.8. The van der Waals surface area contributed by atoms with E-state index in [0.717, 1.165) is 37.7 Å². The van der Waals surface area contributed by atoms with Gasteiger partial charge in [-0.2, -0.15) is 0 Å². The molecule has 2 saturated carbocycles. The summed E-state index contributed by atoms with van der Waals surface area (Å²) >= 11 is 0. The van der Waals surface area contributed by atoms with Gasteiger partial charge < -0.3 is 13.9 Å². The number of furan rings is 1. The monoisotopic (exact) mass is 330 g/mol. The van der Waals surface area contributed by atoms with Crippen molar-refractivity contribution in [3.63, 3.8) is 0 Å². The van der Waals surface area contributed by atoms with Crippen LogP contribution in [0.4, 0.5) is 0 Å². The molecule has 4 fully saturated rings. The SMILES string of the molecule is C[C@]12C[C@@H](c3ccoc3)OC(=O)[C@@H]1CC[C@]1(C)[C@@H]2CC[C@@H]2O[C@@]21C. The number of esters is 1. The normalized spacial score (nSPS) is 52.7. The van der Waals surface area contributed by atoms with Crippen molar-refractivity contribution in [2.24, 2.45) is 22.7 Å². The number of fused-ring (bicyclic) bond motifs is 5. The van der Waals surface area contributed by atoms with E-state index in [1.807, 2.05) is 6.07 Å². The fourth-order valence-electron chi connectivity index (χ4n) is 6.56. The van der Waals surface area contributed by atoms with Gasteiger partial charge in [0.2, 0.25) is 0 Å². The summed E-state index contributed by atoms with van der Waals surface area (Å²) in [4.78, 5) is 12.8. The van der Waals surface area contributed by atoms with Crippen LogP contribution in [0.5, 0.6) is 0 Å². The lowest BCUT2D eigenvalue weighted by Crippen LogP contribution is -2.60. The van der Waals surface area contributed by atoms with E-state index in [9.17, 15) is 4.79 Å². The van der Waals surface area contributed by atoms with Gasteiger partial charge in [-0.25, -0.2) is 0 Å². The van der Waals surface area contributed by atoms with Crippen LogP contribution in [0, 0.1) is 22.7 Å². The standard InChI is InChI=1S/C20H26O4/c1-18-10-14(12-7-9-22-11-12)23-17(21)13(18)6-8-19(2)15(18)4-5-16-20(19,3)24-16/h7,9,11,13-16H,4-6,8,10H2,1-3H3/t13-,14-,15+,16-,18-,19+,20-/m0/s1. The topological polar surface area (TPSA) is 52.0 Å². The molecule has 0 amide bonds. The highest BCUT2D eigenvalue weighted by molar-refractivity contribution is 5.75. The molecule has 1 aromatic heterocycles. The second-order valence-corrected chi connectivity index (χ2v) is 9.04. The molecule has 0 spiro atoms. The van der Waals surface area contributed by atoms with E-state index < -0.39 is 0 Å². The van der Waals surface area contributed by atoms with Crippen LogP contribution in [0.3, 0.4) is 0 Å². The van der Waals surface area contributed by atoms with Crippen LogP contribution in [-0.4, -0.2) is 17.7 Å². The molecular formula is C20H26O4. The van der Waals surface area contributed by atoms with Crippen LogP contribution in [0.15, 0.2) is 23.0 Å². The van der Waals surface area contributed by atoms with Crippen molar-refractivity contribution in [3.8, 4) is 0 Å². The van der Waals surface area contributed by atoms with E-state index in [1.54, 1.807) is 12.5 Å². The quantitative estimate of drug-likeness (QED) is 0.570. The minimum Gasteiger partial charge on any atom is -0.472 e. The van der Waals surface area contributed by atoms with E-state index in [1.165, 1.54) is 0 Å². The molecule has 4 aliphatic rings.